The van der Waals surface area contributed by atoms with Crippen molar-refractivity contribution in [1.29, 1.82) is 0 Å². The Bertz CT molecular complexity index is 1160. The summed E-state index contributed by atoms with van der Waals surface area (Å²) in [5.74, 6) is -0.421. The van der Waals surface area contributed by atoms with Crippen molar-refractivity contribution in [2.75, 3.05) is 5.32 Å². The first kappa shape index (κ1) is 19.3. The van der Waals surface area contributed by atoms with Crippen LogP contribution in [0.2, 0.25) is 0 Å². The van der Waals surface area contributed by atoms with E-state index in [2.05, 4.69) is 10.3 Å². The lowest BCUT2D eigenvalue weighted by Gasteiger charge is -2.40. The van der Waals surface area contributed by atoms with Crippen molar-refractivity contribution < 1.29 is 24.5 Å². The molecule has 8 heteroatoms. The lowest BCUT2D eigenvalue weighted by molar-refractivity contribution is -0.144. The first-order valence-corrected chi connectivity index (χ1v) is 10.1. The molecular formula is C23H21N3O5. The third-order valence-corrected chi connectivity index (χ3v) is 6.21. The van der Waals surface area contributed by atoms with Crippen molar-refractivity contribution in [2.45, 2.75) is 36.9 Å². The van der Waals surface area contributed by atoms with Crippen molar-refractivity contribution in [3.63, 3.8) is 0 Å². The maximum atomic E-state index is 12.8. The van der Waals surface area contributed by atoms with E-state index >= 15 is 0 Å². The second kappa shape index (κ2) is 6.95. The molecule has 1 fully saturated rings. The van der Waals surface area contributed by atoms with Gasteiger partial charge < -0.3 is 24.8 Å². The van der Waals surface area contributed by atoms with Crippen LogP contribution >= 0.6 is 0 Å². The zero-order valence-corrected chi connectivity index (χ0v) is 16.6. The molecule has 2 aromatic carbocycles. The topological polar surface area (TPSA) is 114 Å². The predicted octanol–water partition coefficient (Wildman–Crippen LogP) is 2.89. The summed E-state index contributed by atoms with van der Waals surface area (Å²) in [5, 5.41) is 23.1. The normalized spacial score (nSPS) is 24.6. The number of phenols is 1. The second-order valence-electron chi connectivity index (χ2n) is 8.10. The molecule has 1 aliphatic heterocycles. The second-order valence-corrected chi connectivity index (χ2v) is 8.10. The number of carbonyl (C=O) groups excluding carboxylic acids is 2. The Morgan fingerprint density at radius 3 is 2.52 bits per heavy atom. The fourth-order valence-corrected chi connectivity index (χ4v) is 4.40. The van der Waals surface area contributed by atoms with Gasteiger partial charge in [-0.05, 0) is 56.0 Å². The number of hydrogen-bond acceptors (Lipinski definition) is 6. The zero-order chi connectivity index (χ0) is 21.6. The number of ether oxygens (including phenoxy) is 1. The Balaban J connectivity index is 1.28. The molecule has 2 heterocycles. The van der Waals surface area contributed by atoms with Crippen LogP contribution in [0.3, 0.4) is 0 Å². The Morgan fingerprint density at radius 1 is 1.06 bits per heavy atom. The molecule has 3 aromatic rings. The molecule has 0 saturated heterocycles. The number of esters is 1. The smallest absolute Gasteiger partial charge is 0.339 e. The van der Waals surface area contributed by atoms with Crippen LogP contribution in [0.15, 0.2) is 61.1 Å². The number of nitrogens with zero attached hydrogens (tertiary/aromatic N) is 2. The van der Waals surface area contributed by atoms with Crippen molar-refractivity contribution in [3.05, 3.63) is 72.2 Å². The first-order chi connectivity index (χ1) is 14.9. The molecule has 5 rings (SSSR count). The van der Waals surface area contributed by atoms with E-state index in [1.807, 2.05) is 12.1 Å². The Labute approximate surface area is 178 Å². The fraction of sp³-hybridized carbons (Fsp3) is 0.261. The minimum atomic E-state index is -1.57. The Hall–Kier alpha value is -3.65. The van der Waals surface area contributed by atoms with Gasteiger partial charge in [0.2, 0.25) is 0 Å². The zero-order valence-electron chi connectivity index (χ0n) is 16.6. The van der Waals surface area contributed by atoms with E-state index in [4.69, 9.17) is 4.74 Å². The minimum absolute atomic E-state index is 0.158. The summed E-state index contributed by atoms with van der Waals surface area (Å²) in [7, 11) is 0. The van der Waals surface area contributed by atoms with E-state index in [0.29, 0.717) is 24.2 Å². The third-order valence-electron chi connectivity index (χ3n) is 6.21. The summed E-state index contributed by atoms with van der Waals surface area (Å²) >= 11 is 0. The lowest BCUT2D eigenvalue weighted by Crippen LogP contribution is -2.49. The highest BCUT2D eigenvalue weighted by molar-refractivity contribution is 5.97. The number of hydrogen-bond donors (Lipinski definition) is 3. The molecule has 1 spiro atoms. The molecule has 1 amide bonds. The molecule has 31 heavy (non-hydrogen) atoms. The van der Waals surface area contributed by atoms with Crippen LogP contribution in [0.1, 0.15) is 41.6 Å². The Morgan fingerprint density at radius 2 is 1.77 bits per heavy atom. The molecule has 1 aliphatic carbocycles. The van der Waals surface area contributed by atoms with Gasteiger partial charge >= 0.3 is 5.97 Å². The number of anilines is 1. The number of aromatic nitrogens is 2. The number of rotatable bonds is 3. The molecule has 2 aliphatic rings. The number of carbonyl (C=O) groups is 2. The summed E-state index contributed by atoms with van der Waals surface area (Å²) in [6.07, 6.45) is 4.23. The third kappa shape index (κ3) is 3.25. The molecule has 0 unspecified atom stereocenters. The molecule has 0 atom stereocenters. The molecule has 1 saturated carbocycles. The van der Waals surface area contributed by atoms with Crippen LogP contribution < -0.4 is 5.32 Å². The number of fused-ring (bicyclic) bond motifs is 2. The number of nitrogens with one attached hydrogen (secondary N) is 1. The standard InChI is InChI=1S/C23H21N3O5/c27-16-7-5-15(6-8-16)26-13-19(24-14-26)25-21(29)22(30)9-11-23(12-10-22)18-4-2-1-3-17(18)20(28)31-23/h1-8,13-14,27,30H,9-12H2,(H,25,29)/t22-,23-. The van der Waals surface area contributed by atoms with Gasteiger partial charge in [-0.2, -0.15) is 0 Å². The number of benzene rings is 2. The van der Waals surface area contributed by atoms with Crippen molar-refractivity contribution >= 4 is 17.7 Å². The highest BCUT2D eigenvalue weighted by Crippen LogP contribution is 2.49. The number of aliphatic hydroxyl groups is 1. The monoisotopic (exact) mass is 419 g/mol. The molecule has 1 aromatic heterocycles. The maximum absolute atomic E-state index is 12.8. The van der Waals surface area contributed by atoms with Gasteiger partial charge in [-0.15, -0.1) is 0 Å². The number of aromatic hydroxyl groups is 1. The molecule has 0 radical (unpaired) electrons. The quantitative estimate of drug-likeness (QED) is 0.563. The summed E-state index contributed by atoms with van der Waals surface area (Å²) in [6.45, 7) is 0. The SMILES string of the molecule is O=C1O[C@]2(CC[C@@](O)(C(=O)Nc3cn(-c4ccc(O)cc4)cn3)CC2)c2ccccc21. The van der Waals surface area contributed by atoms with Crippen LogP contribution in [0.4, 0.5) is 5.82 Å². The van der Waals surface area contributed by atoms with E-state index in [9.17, 15) is 19.8 Å². The van der Waals surface area contributed by atoms with E-state index in [1.54, 1.807) is 47.2 Å². The largest absolute Gasteiger partial charge is 0.508 e. The number of imidazole rings is 1. The summed E-state index contributed by atoms with van der Waals surface area (Å²) < 4.78 is 7.40. The summed E-state index contributed by atoms with van der Waals surface area (Å²) in [5.41, 5.74) is -0.198. The van der Waals surface area contributed by atoms with Gasteiger partial charge in [-0.1, -0.05) is 18.2 Å². The van der Waals surface area contributed by atoms with Gasteiger partial charge in [0.05, 0.1) is 11.8 Å². The summed E-state index contributed by atoms with van der Waals surface area (Å²) in [6, 6.07) is 13.8. The van der Waals surface area contributed by atoms with Crippen LogP contribution in [-0.2, 0) is 15.1 Å². The fourth-order valence-electron chi connectivity index (χ4n) is 4.40. The number of phenolic OH excluding ortho intramolecular Hbond substituents is 1. The first-order valence-electron chi connectivity index (χ1n) is 10.1. The minimum Gasteiger partial charge on any atom is -0.508 e. The van der Waals surface area contributed by atoms with Crippen LogP contribution in [0, 0.1) is 0 Å². The van der Waals surface area contributed by atoms with Gasteiger partial charge in [0.1, 0.15) is 23.3 Å². The van der Waals surface area contributed by atoms with Gasteiger partial charge in [0.15, 0.2) is 5.82 Å². The Kier molecular flexibility index (Phi) is 4.33. The van der Waals surface area contributed by atoms with Crippen molar-refractivity contribution in [1.82, 2.24) is 9.55 Å². The van der Waals surface area contributed by atoms with Gasteiger partial charge in [-0.25, -0.2) is 9.78 Å². The molecular weight excluding hydrogens is 398 g/mol. The lowest BCUT2D eigenvalue weighted by atomic mass is 9.72. The van der Waals surface area contributed by atoms with Crippen LogP contribution in [-0.4, -0.2) is 37.2 Å². The average Bonchev–Trinajstić information content (AvgIpc) is 3.34. The van der Waals surface area contributed by atoms with Crippen molar-refractivity contribution in [2.24, 2.45) is 0 Å². The van der Waals surface area contributed by atoms with Gasteiger partial charge in [0.25, 0.3) is 5.91 Å². The van der Waals surface area contributed by atoms with E-state index < -0.39 is 17.1 Å². The predicted molar refractivity (Wildman–Crippen MR) is 111 cm³/mol. The molecule has 3 N–H and O–H groups in total. The average molecular weight is 419 g/mol. The highest BCUT2D eigenvalue weighted by atomic mass is 16.6. The van der Waals surface area contributed by atoms with E-state index in [0.717, 1.165) is 11.3 Å². The van der Waals surface area contributed by atoms with Gasteiger partial charge in [0, 0.05) is 11.3 Å². The van der Waals surface area contributed by atoms with E-state index in [1.165, 1.54) is 6.33 Å². The number of amides is 1. The molecule has 8 nitrogen and oxygen atoms in total. The highest BCUT2D eigenvalue weighted by Gasteiger charge is 2.52. The van der Waals surface area contributed by atoms with Crippen LogP contribution in [0.5, 0.6) is 5.75 Å². The van der Waals surface area contributed by atoms with Crippen molar-refractivity contribution in [3.8, 4) is 11.4 Å². The summed E-state index contributed by atoms with van der Waals surface area (Å²) in [4.78, 5) is 29.2. The van der Waals surface area contributed by atoms with Gasteiger partial charge in [-0.3, -0.25) is 4.79 Å². The molecule has 158 valence electrons. The maximum Gasteiger partial charge on any atom is 0.339 e. The van der Waals surface area contributed by atoms with E-state index in [-0.39, 0.29) is 24.6 Å². The molecule has 0 bridgehead atoms. The van der Waals surface area contributed by atoms with Crippen LogP contribution in [0.25, 0.3) is 5.69 Å².